The number of hydrogen-bond donors (Lipinski definition) is 0. The van der Waals surface area contributed by atoms with Gasteiger partial charge in [0.2, 0.25) is 5.91 Å². The molecule has 3 rings (SSSR count). The van der Waals surface area contributed by atoms with E-state index in [1.54, 1.807) is 0 Å². The molecule has 0 N–H and O–H groups in total. The minimum atomic E-state index is 0.127. The van der Waals surface area contributed by atoms with E-state index in [2.05, 4.69) is 41.3 Å². The molecule has 2 aromatic rings. The Labute approximate surface area is 151 Å². The Kier molecular flexibility index (Phi) is 6.24. The minimum Gasteiger partial charge on any atom is -0.337 e. The molecule has 0 aromatic heterocycles. The van der Waals surface area contributed by atoms with Gasteiger partial charge in [0.1, 0.15) is 0 Å². The van der Waals surface area contributed by atoms with Crippen LogP contribution >= 0.6 is 0 Å². The van der Waals surface area contributed by atoms with Crippen molar-refractivity contribution in [3.05, 3.63) is 71.8 Å². The first-order chi connectivity index (χ1) is 12.2. The van der Waals surface area contributed by atoms with E-state index in [-0.39, 0.29) is 11.9 Å². The molecule has 1 atom stereocenters. The molecule has 0 spiro atoms. The predicted octanol–water partition coefficient (Wildman–Crippen LogP) is 3.91. The summed E-state index contributed by atoms with van der Waals surface area (Å²) in [6, 6.07) is 20.8. The van der Waals surface area contributed by atoms with E-state index in [1.165, 1.54) is 24.0 Å². The fourth-order valence-corrected chi connectivity index (χ4v) is 3.58. The molecule has 3 nitrogen and oxygen atoms in total. The van der Waals surface area contributed by atoms with E-state index in [9.17, 15) is 4.79 Å². The molecule has 25 heavy (non-hydrogen) atoms. The van der Waals surface area contributed by atoms with Crippen molar-refractivity contribution in [2.75, 3.05) is 26.7 Å². The SMILES string of the molecule is CN(C(=O)CCc1ccccc1)[C@H](CN1CCCC1)c1ccccc1. The number of benzene rings is 2. The summed E-state index contributed by atoms with van der Waals surface area (Å²) in [7, 11) is 1.96. The molecule has 1 aliphatic heterocycles. The molecule has 132 valence electrons. The number of likely N-dealkylation sites (N-methyl/N-ethyl adjacent to an activating group) is 1. The summed E-state index contributed by atoms with van der Waals surface area (Å²) in [6.07, 6.45) is 3.90. The van der Waals surface area contributed by atoms with E-state index in [0.29, 0.717) is 6.42 Å². The van der Waals surface area contributed by atoms with Crippen LogP contribution in [0.5, 0.6) is 0 Å². The lowest BCUT2D eigenvalue weighted by Crippen LogP contribution is -2.38. The average molecular weight is 336 g/mol. The van der Waals surface area contributed by atoms with E-state index in [4.69, 9.17) is 0 Å². The normalized spacial score (nSPS) is 15.9. The first-order valence-electron chi connectivity index (χ1n) is 9.31. The minimum absolute atomic E-state index is 0.127. The Balaban J connectivity index is 1.67. The van der Waals surface area contributed by atoms with Crippen LogP contribution in [0.4, 0.5) is 0 Å². The van der Waals surface area contributed by atoms with Crippen LogP contribution in [-0.2, 0) is 11.2 Å². The molecule has 3 heteroatoms. The van der Waals surface area contributed by atoms with Crippen molar-refractivity contribution < 1.29 is 4.79 Å². The van der Waals surface area contributed by atoms with Gasteiger partial charge in [0, 0.05) is 20.0 Å². The van der Waals surface area contributed by atoms with Crippen LogP contribution < -0.4 is 0 Å². The second-order valence-corrected chi connectivity index (χ2v) is 6.92. The van der Waals surface area contributed by atoms with Gasteiger partial charge >= 0.3 is 0 Å². The molecule has 1 heterocycles. The first-order valence-corrected chi connectivity index (χ1v) is 9.31. The molecular formula is C22H28N2O. The van der Waals surface area contributed by atoms with Crippen LogP contribution in [0, 0.1) is 0 Å². The summed E-state index contributed by atoms with van der Waals surface area (Å²) in [5, 5.41) is 0. The fourth-order valence-electron chi connectivity index (χ4n) is 3.58. The number of hydrogen-bond acceptors (Lipinski definition) is 2. The van der Waals surface area contributed by atoms with Crippen LogP contribution in [0.25, 0.3) is 0 Å². The summed E-state index contributed by atoms with van der Waals surface area (Å²) >= 11 is 0. The van der Waals surface area contributed by atoms with Gasteiger partial charge in [-0.1, -0.05) is 60.7 Å². The van der Waals surface area contributed by atoms with Crippen molar-refractivity contribution in [2.45, 2.75) is 31.7 Å². The molecular weight excluding hydrogens is 308 g/mol. The molecule has 2 aromatic carbocycles. The number of aryl methyl sites for hydroxylation is 1. The predicted molar refractivity (Wildman–Crippen MR) is 102 cm³/mol. The van der Waals surface area contributed by atoms with Crippen LogP contribution in [0.3, 0.4) is 0 Å². The zero-order valence-electron chi connectivity index (χ0n) is 15.1. The van der Waals surface area contributed by atoms with Gasteiger partial charge in [-0.2, -0.15) is 0 Å². The highest BCUT2D eigenvalue weighted by Gasteiger charge is 2.25. The Morgan fingerprint density at radius 3 is 2.24 bits per heavy atom. The second kappa shape index (κ2) is 8.82. The second-order valence-electron chi connectivity index (χ2n) is 6.92. The summed E-state index contributed by atoms with van der Waals surface area (Å²) in [4.78, 5) is 17.3. The number of likely N-dealkylation sites (tertiary alicyclic amines) is 1. The highest BCUT2D eigenvalue weighted by molar-refractivity contribution is 5.76. The first kappa shape index (κ1) is 17.7. The number of carbonyl (C=O) groups is 1. The summed E-state index contributed by atoms with van der Waals surface area (Å²) < 4.78 is 0. The molecule has 0 radical (unpaired) electrons. The number of rotatable bonds is 7. The highest BCUT2D eigenvalue weighted by atomic mass is 16.2. The Morgan fingerprint density at radius 1 is 1.00 bits per heavy atom. The van der Waals surface area contributed by atoms with E-state index in [0.717, 1.165) is 26.1 Å². The lowest BCUT2D eigenvalue weighted by molar-refractivity contribution is -0.132. The van der Waals surface area contributed by atoms with Gasteiger partial charge < -0.3 is 9.80 Å². The monoisotopic (exact) mass is 336 g/mol. The maximum atomic E-state index is 12.8. The molecule has 1 aliphatic rings. The Morgan fingerprint density at radius 2 is 1.60 bits per heavy atom. The van der Waals surface area contributed by atoms with E-state index < -0.39 is 0 Å². The molecule has 0 unspecified atom stereocenters. The molecule has 0 bridgehead atoms. The zero-order chi connectivity index (χ0) is 17.5. The number of nitrogens with zero attached hydrogens (tertiary/aromatic N) is 2. The third-order valence-electron chi connectivity index (χ3n) is 5.15. The third-order valence-corrected chi connectivity index (χ3v) is 5.15. The number of carbonyl (C=O) groups excluding carboxylic acids is 1. The van der Waals surface area contributed by atoms with Gasteiger partial charge in [-0.05, 0) is 43.5 Å². The Hall–Kier alpha value is -2.13. The van der Waals surface area contributed by atoms with Gasteiger partial charge in [-0.25, -0.2) is 0 Å². The zero-order valence-corrected chi connectivity index (χ0v) is 15.1. The largest absolute Gasteiger partial charge is 0.337 e. The van der Waals surface area contributed by atoms with Crippen molar-refractivity contribution >= 4 is 5.91 Å². The van der Waals surface area contributed by atoms with Crippen LogP contribution in [-0.4, -0.2) is 42.4 Å². The fraction of sp³-hybridized carbons (Fsp3) is 0.409. The third kappa shape index (κ3) is 4.93. The molecule has 0 saturated carbocycles. The topological polar surface area (TPSA) is 23.6 Å². The smallest absolute Gasteiger partial charge is 0.223 e. The van der Waals surface area contributed by atoms with Gasteiger partial charge in [0.15, 0.2) is 0 Å². The maximum absolute atomic E-state index is 12.8. The molecule has 1 amide bonds. The molecule has 1 fully saturated rings. The number of amides is 1. The van der Waals surface area contributed by atoms with E-state index in [1.807, 2.05) is 36.2 Å². The summed E-state index contributed by atoms with van der Waals surface area (Å²) in [6.45, 7) is 3.22. The molecule has 1 saturated heterocycles. The van der Waals surface area contributed by atoms with Crippen molar-refractivity contribution in [2.24, 2.45) is 0 Å². The summed E-state index contributed by atoms with van der Waals surface area (Å²) in [5.41, 5.74) is 2.45. The average Bonchev–Trinajstić information content (AvgIpc) is 3.18. The van der Waals surface area contributed by atoms with Crippen molar-refractivity contribution in [1.29, 1.82) is 0 Å². The van der Waals surface area contributed by atoms with Gasteiger partial charge in [0.05, 0.1) is 6.04 Å². The standard InChI is InChI=1S/C22H28N2O/c1-23(22(25)15-14-19-10-4-2-5-11-19)21(18-24-16-8-9-17-24)20-12-6-3-7-13-20/h2-7,10-13,21H,8-9,14-18H2,1H3/t21-/m1/s1. The highest BCUT2D eigenvalue weighted by Crippen LogP contribution is 2.23. The van der Waals surface area contributed by atoms with E-state index >= 15 is 0 Å². The lowest BCUT2D eigenvalue weighted by Gasteiger charge is -2.32. The quantitative estimate of drug-likeness (QED) is 0.765. The van der Waals surface area contributed by atoms with Crippen molar-refractivity contribution in [1.82, 2.24) is 9.80 Å². The van der Waals surface area contributed by atoms with Crippen molar-refractivity contribution in [3.8, 4) is 0 Å². The van der Waals surface area contributed by atoms with Crippen LogP contribution in [0.1, 0.15) is 36.4 Å². The van der Waals surface area contributed by atoms with Gasteiger partial charge in [0.25, 0.3) is 0 Å². The van der Waals surface area contributed by atoms with Crippen molar-refractivity contribution in [3.63, 3.8) is 0 Å². The summed E-state index contributed by atoms with van der Waals surface area (Å²) in [5.74, 6) is 0.219. The van der Waals surface area contributed by atoms with Crippen LogP contribution in [0.15, 0.2) is 60.7 Å². The lowest BCUT2D eigenvalue weighted by atomic mass is 10.0. The Bertz CT molecular complexity index is 650. The van der Waals surface area contributed by atoms with Gasteiger partial charge in [-0.15, -0.1) is 0 Å². The van der Waals surface area contributed by atoms with Gasteiger partial charge in [-0.3, -0.25) is 4.79 Å². The van der Waals surface area contributed by atoms with Crippen LogP contribution in [0.2, 0.25) is 0 Å². The molecule has 0 aliphatic carbocycles. The maximum Gasteiger partial charge on any atom is 0.223 e.